The molecule has 3 rings (SSSR count). The van der Waals surface area contributed by atoms with Crippen LogP contribution in [0.15, 0.2) is 47.0 Å². The van der Waals surface area contributed by atoms with Crippen LogP contribution in [0.5, 0.6) is 0 Å². The Balaban J connectivity index is 1.86. The summed E-state index contributed by atoms with van der Waals surface area (Å²) in [6.45, 7) is 8.04. The zero-order valence-electron chi connectivity index (χ0n) is 16.5. The minimum absolute atomic E-state index is 0.129. The molecule has 2 atom stereocenters. The fraction of sp³-hybridized carbons (Fsp3) is 0.318. The van der Waals surface area contributed by atoms with Crippen molar-refractivity contribution in [3.05, 3.63) is 70.1 Å². The molecule has 2 aromatic carbocycles. The lowest BCUT2D eigenvalue weighted by molar-refractivity contribution is 0.0910. The zero-order valence-corrected chi connectivity index (χ0v) is 17.2. The number of aromatic nitrogens is 2. The van der Waals surface area contributed by atoms with Gasteiger partial charge < -0.3 is 9.84 Å². The first-order chi connectivity index (χ1) is 13.4. The molecule has 1 heterocycles. The normalized spacial score (nSPS) is 13.2. The van der Waals surface area contributed by atoms with E-state index >= 15 is 0 Å². The lowest BCUT2D eigenvalue weighted by Gasteiger charge is -2.20. The summed E-state index contributed by atoms with van der Waals surface area (Å²) in [5.41, 5.74) is 3.47. The van der Waals surface area contributed by atoms with E-state index in [2.05, 4.69) is 22.4 Å². The van der Waals surface area contributed by atoms with E-state index in [0.717, 1.165) is 23.1 Å². The average Bonchev–Trinajstić information content (AvgIpc) is 3.17. The Morgan fingerprint density at radius 3 is 2.54 bits per heavy atom. The molecule has 28 heavy (non-hydrogen) atoms. The molecule has 0 aliphatic rings. The maximum Gasteiger partial charge on any atom is 0.251 e. The van der Waals surface area contributed by atoms with Gasteiger partial charge in [-0.1, -0.05) is 66.9 Å². The summed E-state index contributed by atoms with van der Waals surface area (Å²) in [6.07, 6.45) is 0.854. The molecule has 0 bridgehead atoms. The van der Waals surface area contributed by atoms with Crippen molar-refractivity contribution < 1.29 is 9.32 Å². The molecule has 1 aromatic heterocycles. The lowest BCUT2D eigenvalue weighted by Crippen LogP contribution is -2.32. The standard InChI is InChI=1S/C22H24ClN3O2/c1-5-14(3)19(24-21(27)16-9-6-13(2)7-10-16)22-25-20(26-28-22)17-11-8-15(4)18(23)12-17/h6-12,14,19H,5H2,1-4H3,(H,24,27)/t14-,19+/m1/s1. The lowest BCUT2D eigenvalue weighted by atomic mass is 9.98. The molecular weight excluding hydrogens is 374 g/mol. The van der Waals surface area contributed by atoms with Crippen molar-refractivity contribution in [1.29, 1.82) is 0 Å². The summed E-state index contributed by atoms with van der Waals surface area (Å²) >= 11 is 6.21. The zero-order chi connectivity index (χ0) is 20.3. The summed E-state index contributed by atoms with van der Waals surface area (Å²) in [5, 5.41) is 7.78. The van der Waals surface area contributed by atoms with Gasteiger partial charge in [-0.05, 0) is 43.5 Å². The van der Waals surface area contributed by atoms with Gasteiger partial charge in [0.05, 0.1) is 0 Å². The van der Waals surface area contributed by atoms with Gasteiger partial charge in [0.25, 0.3) is 5.91 Å². The Kier molecular flexibility index (Phi) is 6.15. The van der Waals surface area contributed by atoms with Crippen molar-refractivity contribution >= 4 is 17.5 Å². The van der Waals surface area contributed by atoms with Crippen molar-refractivity contribution in [3.8, 4) is 11.4 Å². The summed E-state index contributed by atoms with van der Waals surface area (Å²) in [4.78, 5) is 17.2. The minimum atomic E-state index is -0.374. The quantitative estimate of drug-likeness (QED) is 0.594. The van der Waals surface area contributed by atoms with Crippen LogP contribution in [0.1, 0.15) is 53.7 Å². The predicted molar refractivity (Wildman–Crippen MR) is 110 cm³/mol. The van der Waals surface area contributed by atoms with E-state index in [1.54, 1.807) is 0 Å². The second kappa shape index (κ2) is 8.57. The number of benzene rings is 2. The van der Waals surface area contributed by atoms with Gasteiger partial charge in [0.2, 0.25) is 11.7 Å². The van der Waals surface area contributed by atoms with Crippen LogP contribution in [-0.4, -0.2) is 16.0 Å². The fourth-order valence-electron chi connectivity index (χ4n) is 2.82. The van der Waals surface area contributed by atoms with Gasteiger partial charge in [0.15, 0.2) is 0 Å². The smallest absolute Gasteiger partial charge is 0.251 e. The Bertz CT molecular complexity index is 966. The minimum Gasteiger partial charge on any atom is -0.340 e. The summed E-state index contributed by atoms with van der Waals surface area (Å²) in [6, 6.07) is 12.7. The highest BCUT2D eigenvalue weighted by atomic mass is 35.5. The van der Waals surface area contributed by atoms with Crippen molar-refractivity contribution in [1.82, 2.24) is 15.5 Å². The Labute approximate surface area is 170 Å². The maximum atomic E-state index is 12.7. The van der Waals surface area contributed by atoms with E-state index in [0.29, 0.717) is 22.3 Å². The number of hydrogen-bond donors (Lipinski definition) is 1. The molecule has 6 heteroatoms. The SMILES string of the molecule is CC[C@@H](C)[C@H](NC(=O)c1ccc(C)cc1)c1nc(-c2ccc(C)c(Cl)c2)no1. The van der Waals surface area contributed by atoms with E-state index in [4.69, 9.17) is 16.1 Å². The van der Waals surface area contributed by atoms with Crippen molar-refractivity contribution in [2.75, 3.05) is 0 Å². The van der Waals surface area contributed by atoms with Gasteiger partial charge in [0.1, 0.15) is 6.04 Å². The number of hydrogen-bond acceptors (Lipinski definition) is 4. The number of amides is 1. The van der Waals surface area contributed by atoms with Crippen LogP contribution in [-0.2, 0) is 0 Å². The summed E-state index contributed by atoms with van der Waals surface area (Å²) < 4.78 is 5.51. The molecule has 0 saturated heterocycles. The van der Waals surface area contributed by atoms with Crippen molar-refractivity contribution in [3.63, 3.8) is 0 Å². The second-order valence-electron chi connectivity index (χ2n) is 7.12. The van der Waals surface area contributed by atoms with E-state index in [1.165, 1.54) is 0 Å². The number of rotatable bonds is 6. The number of carbonyl (C=O) groups excluding carboxylic acids is 1. The topological polar surface area (TPSA) is 68.0 Å². The molecular formula is C22H24ClN3O2. The second-order valence-corrected chi connectivity index (χ2v) is 7.53. The van der Waals surface area contributed by atoms with Crippen LogP contribution in [0, 0.1) is 19.8 Å². The van der Waals surface area contributed by atoms with Gasteiger partial charge in [-0.25, -0.2) is 0 Å². The predicted octanol–water partition coefficient (Wildman–Crippen LogP) is 5.52. The number of halogens is 1. The Hall–Kier alpha value is -2.66. The number of nitrogens with one attached hydrogen (secondary N) is 1. The third kappa shape index (κ3) is 4.42. The molecule has 3 aromatic rings. The Morgan fingerprint density at radius 1 is 1.18 bits per heavy atom. The Morgan fingerprint density at radius 2 is 1.89 bits per heavy atom. The molecule has 0 aliphatic heterocycles. The van der Waals surface area contributed by atoms with Gasteiger partial charge in [-0.3, -0.25) is 4.79 Å². The first-order valence-electron chi connectivity index (χ1n) is 9.36. The van der Waals surface area contributed by atoms with Gasteiger partial charge in [0, 0.05) is 16.1 Å². The molecule has 0 saturated carbocycles. The van der Waals surface area contributed by atoms with Gasteiger partial charge in [-0.15, -0.1) is 0 Å². The number of nitrogens with zero attached hydrogens (tertiary/aromatic N) is 2. The number of aryl methyl sites for hydroxylation is 2. The summed E-state index contributed by atoms with van der Waals surface area (Å²) in [5.74, 6) is 0.809. The molecule has 0 spiro atoms. The monoisotopic (exact) mass is 397 g/mol. The third-order valence-corrected chi connectivity index (χ3v) is 5.36. The molecule has 1 N–H and O–H groups in total. The van der Waals surface area contributed by atoms with Crippen LogP contribution in [0.2, 0.25) is 5.02 Å². The first-order valence-corrected chi connectivity index (χ1v) is 9.74. The van der Waals surface area contributed by atoms with E-state index in [1.807, 2.05) is 63.2 Å². The van der Waals surface area contributed by atoms with E-state index in [9.17, 15) is 4.79 Å². The molecule has 0 radical (unpaired) electrons. The first kappa shape index (κ1) is 20.1. The van der Waals surface area contributed by atoms with E-state index < -0.39 is 0 Å². The van der Waals surface area contributed by atoms with Crippen LogP contribution >= 0.6 is 11.6 Å². The van der Waals surface area contributed by atoms with Crippen LogP contribution in [0.3, 0.4) is 0 Å². The van der Waals surface area contributed by atoms with Gasteiger partial charge in [-0.2, -0.15) is 4.98 Å². The van der Waals surface area contributed by atoms with Crippen LogP contribution < -0.4 is 5.32 Å². The highest BCUT2D eigenvalue weighted by Crippen LogP contribution is 2.28. The molecule has 5 nitrogen and oxygen atoms in total. The molecule has 1 amide bonds. The average molecular weight is 398 g/mol. The van der Waals surface area contributed by atoms with Gasteiger partial charge >= 0.3 is 0 Å². The highest BCUT2D eigenvalue weighted by Gasteiger charge is 2.27. The van der Waals surface area contributed by atoms with Crippen molar-refractivity contribution in [2.45, 2.75) is 40.2 Å². The largest absolute Gasteiger partial charge is 0.340 e. The fourth-order valence-corrected chi connectivity index (χ4v) is 3.00. The molecule has 0 unspecified atom stereocenters. The summed E-state index contributed by atoms with van der Waals surface area (Å²) in [7, 11) is 0. The molecule has 146 valence electrons. The van der Waals surface area contributed by atoms with E-state index in [-0.39, 0.29) is 17.9 Å². The third-order valence-electron chi connectivity index (χ3n) is 4.95. The highest BCUT2D eigenvalue weighted by molar-refractivity contribution is 6.31. The van der Waals surface area contributed by atoms with Crippen LogP contribution in [0.4, 0.5) is 0 Å². The maximum absolute atomic E-state index is 12.7. The number of carbonyl (C=O) groups is 1. The molecule has 0 fully saturated rings. The van der Waals surface area contributed by atoms with Crippen LogP contribution in [0.25, 0.3) is 11.4 Å². The molecule has 0 aliphatic carbocycles. The van der Waals surface area contributed by atoms with Crippen molar-refractivity contribution in [2.24, 2.45) is 5.92 Å².